The summed E-state index contributed by atoms with van der Waals surface area (Å²) >= 11 is 20.9. The van der Waals surface area contributed by atoms with Gasteiger partial charge in [0.2, 0.25) is 0 Å². The van der Waals surface area contributed by atoms with Gasteiger partial charge in [-0.3, -0.25) is 0 Å². The van der Waals surface area contributed by atoms with Gasteiger partial charge in [-0.2, -0.15) is 0 Å². The first-order valence-corrected chi connectivity index (χ1v) is 14.4. The first-order valence-electron chi connectivity index (χ1n) is 11.3. The number of pyridine rings is 2. The number of thiophene rings is 2. The predicted octanol–water partition coefficient (Wildman–Crippen LogP) is 8.16. The molecule has 0 unspecified atom stereocenters. The Balaban J connectivity index is 0.000000222. The third-order valence-electron chi connectivity index (χ3n) is 5.39. The summed E-state index contributed by atoms with van der Waals surface area (Å²) in [6.45, 7) is 2.50. The lowest BCUT2D eigenvalue weighted by Crippen LogP contribution is -2.17. The molecule has 0 amide bonds. The molecule has 5 aromatic rings. The molecule has 11 heteroatoms. The Labute approximate surface area is 238 Å². The number of hydrogen-bond donors (Lipinski definition) is 2. The number of aromatic nitrogens is 2. The maximum atomic E-state index is 6.02. The Morgan fingerprint density at radius 3 is 2.14 bits per heavy atom. The number of methoxy groups -OCH3 is 2. The number of nitrogens with zero attached hydrogens (tertiary/aromatic N) is 2. The van der Waals surface area contributed by atoms with Crippen LogP contribution in [0.25, 0.3) is 21.8 Å². The van der Waals surface area contributed by atoms with Gasteiger partial charge in [-0.15, -0.1) is 22.7 Å². The summed E-state index contributed by atoms with van der Waals surface area (Å²) < 4.78 is 10.6. The third kappa shape index (κ3) is 7.37. The Hall–Kier alpha value is -2.33. The molecule has 2 N–H and O–H groups in total. The average molecular weight is 596 g/mol. The van der Waals surface area contributed by atoms with Crippen molar-refractivity contribution < 1.29 is 9.47 Å². The standard InChI is InChI=1S/C18H19Cl2N3OS.C8H6ClNOS/c1-24-17-8-18(23-16-11-25-10-13(16)17)22-6-2-5-21-9-12-3-4-14(19)15(20)7-12;1-11-7-2-8(9)10-6-4-12-3-5(6)7/h3-4,7-8,10-11,21H,2,5-6,9H2,1H3,(H,22,23);2-4H,1H3. The van der Waals surface area contributed by atoms with E-state index in [-0.39, 0.29) is 0 Å². The third-order valence-corrected chi connectivity index (χ3v) is 7.78. The van der Waals surface area contributed by atoms with Crippen LogP contribution >= 0.6 is 57.5 Å². The van der Waals surface area contributed by atoms with Gasteiger partial charge in [0.15, 0.2) is 0 Å². The van der Waals surface area contributed by atoms with Crippen molar-refractivity contribution in [1.82, 2.24) is 15.3 Å². The summed E-state index contributed by atoms with van der Waals surface area (Å²) in [4.78, 5) is 8.74. The number of nitrogens with one attached hydrogen (secondary N) is 2. The normalized spacial score (nSPS) is 10.8. The lowest BCUT2D eigenvalue weighted by Gasteiger charge is -2.09. The average Bonchev–Trinajstić information content (AvgIpc) is 3.57. The van der Waals surface area contributed by atoms with Crippen LogP contribution in [0, 0.1) is 0 Å². The molecule has 37 heavy (non-hydrogen) atoms. The molecule has 4 aromatic heterocycles. The monoisotopic (exact) mass is 594 g/mol. The number of rotatable bonds is 9. The Kier molecular flexibility index (Phi) is 10.1. The van der Waals surface area contributed by atoms with Crippen molar-refractivity contribution in [2.24, 2.45) is 0 Å². The number of benzene rings is 1. The van der Waals surface area contributed by atoms with Gasteiger partial charge in [-0.1, -0.05) is 40.9 Å². The first kappa shape index (κ1) is 27.7. The summed E-state index contributed by atoms with van der Waals surface area (Å²) in [6.07, 6.45) is 0.979. The van der Waals surface area contributed by atoms with Gasteiger partial charge in [-0.25, -0.2) is 9.97 Å². The minimum absolute atomic E-state index is 0.470. The molecule has 0 aliphatic heterocycles. The van der Waals surface area contributed by atoms with E-state index < -0.39 is 0 Å². The van der Waals surface area contributed by atoms with Crippen molar-refractivity contribution in [3.05, 3.63) is 72.6 Å². The highest BCUT2D eigenvalue weighted by atomic mass is 35.5. The first-order chi connectivity index (χ1) is 18.0. The number of fused-ring (bicyclic) bond motifs is 2. The summed E-state index contributed by atoms with van der Waals surface area (Å²) in [5.41, 5.74) is 2.98. The van der Waals surface area contributed by atoms with E-state index in [1.54, 1.807) is 43.0 Å². The number of anilines is 1. The second-order valence-corrected chi connectivity index (χ2v) is 10.6. The van der Waals surface area contributed by atoms with Gasteiger partial charge < -0.3 is 20.1 Å². The Bertz CT molecular complexity index is 1480. The molecule has 1 aromatic carbocycles. The SMILES string of the molecule is COc1cc(Cl)nc2cscc12.COc1cc(NCCCNCc2ccc(Cl)c(Cl)c2)nc2cscc12. The van der Waals surface area contributed by atoms with E-state index >= 15 is 0 Å². The topological polar surface area (TPSA) is 68.3 Å². The molecule has 0 saturated heterocycles. The van der Waals surface area contributed by atoms with Gasteiger partial charge in [-0.05, 0) is 30.7 Å². The lowest BCUT2D eigenvalue weighted by atomic mass is 10.2. The summed E-state index contributed by atoms with van der Waals surface area (Å²) in [7, 11) is 3.31. The fourth-order valence-corrected chi connectivity index (χ4v) is 5.57. The van der Waals surface area contributed by atoms with Crippen LogP contribution in [0.2, 0.25) is 15.2 Å². The minimum atomic E-state index is 0.470. The van der Waals surface area contributed by atoms with Crippen LogP contribution in [0.3, 0.4) is 0 Å². The van der Waals surface area contributed by atoms with Gasteiger partial charge in [0.25, 0.3) is 0 Å². The van der Waals surface area contributed by atoms with Crippen molar-refractivity contribution >= 4 is 85.1 Å². The molecule has 0 atom stereocenters. The predicted molar refractivity (Wildman–Crippen MR) is 159 cm³/mol. The van der Waals surface area contributed by atoms with E-state index in [2.05, 4.69) is 26.0 Å². The molecule has 0 spiro atoms. The van der Waals surface area contributed by atoms with E-state index in [4.69, 9.17) is 44.3 Å². The molecule has 5 rings (SSSR count). The zero-order chi connectivity index (χ0) is 26.2. The van der Waals surface area contributed by atoms with Crippen LogP contribution < -0.4 is 20.1 Å². The fourth-order valence-electron chi connectivity index (χ4n) is 3.56. The van der Waals surface area contributed by atoms with Crippen LogP contribution in [0.4, 0.5) is 5.82 Å². The molecule has 0 fully saturated rings. The van der Waals surface area contributed by atoms with Crippen molar-refractivity contribution in [1.29, 1.82) is 0 Å². The molecule has 0 aliphatic rings. The van der Waals surface area contributed by atoms with Gasteiger partial charge in [0, 0.05) is 46.7 Å². The van der Waals surface area contributed by atoms with Crippen LogP contribution in [-0.4, -0.2) is 37.3 Å². The van der Waals surface area contributed by atoms with Gasteiger partial charge in [0.05, 0.1) is 46.1 Å². The molecule has 0 bridgehead atoms. The zero-order valence-corrected chi connectivity index (χ0v) is 24.1. The molecular weight excluding hydrogens is 571 g/mol. The number of ether oxygens (including phenoxy) is 2. The highest BCUT2D eigenvalue weighted by molar-refractivity contribution is 7.09. The van der Waals surface area contributed by atoms with Crippen LogP contribution in [-0.2, 0) is 6.54 Å². The van der Waals surface area contributed by atoms with Gasteiger partial charge in [0.1, 0.15) is 22.5 Å². The van der Waals surface area contributed by atoms with E-state index in [1.807, 2.05) is 40.4 Å². The second-order valence-electron chi connectivity index (χ2n) is 7.90. The smallest absolute Gasteiger partial charge is 0.133 e. The summed E-state index contributed by atoms with van der Waals surface area (Å²) in [5, 5.41) is 18.5. The quantitative estimate of drug-likeness (QED) is 0.132. The van der Waals surface area contributed by atoms with E-state index in [0.717, 1.165) is 70.7 Å². The second kappa shape index (κ2) is 13.5. The van der Waals surface area contributed by atoms with Crippen molar-refractivity contribution in [3.8, 4) is 11.5 Å². The molecule has 0 aliphatic carbocycles. The van der Waals surface area contributed by atoms with E-state index in [9.17, 15) is 0 Å². The minimum Gasteiger partial charge on any atom is -0.496 e. The fraction of sp³-hybridized carbons (Fsp3) is 0.231. The van der Waals surface area contributed by atoms with Crippen molar-refractivity contribution in [2.75, 3.05) is 32.6 Å². The van der Waals surface area contributed by atoms with Crippen LogP contribution in [0.15, 0.2) is 51.9 Å². The molecule has 0 radical (unpaired) electrons. The molecule has 0 saturated carbocycles. The molecule has 4 heterocycles. The summed E-state index contributed by atoms with van der Waals surface area (Å²) in [6, 6.07) is 9.35. The zero-order valence-electron chi connectivity index (χ0n) is 20.2. The largest absolute Gasteiger partial charge is 0.496 e. The summed E-state index contributed by atoms with van der Waals surface area (Å²) in [5.74, 6) is 2.48. The highest BCUT2D eigenvalue weighted by Crippen LogP contribution is 2.30. The highest BCUT2D eigenvalue weighted by Gasteiger charge is 2.07. The molecular formula is C26H25Cl3N4O2S2. The maximum absolute atomic E-state index is 6.02. The van der Waals surface area contributed by atoms with Crippen molar-refractivity contribution in [3.63, 3.8) is 0 Å². The maximum Gasteiger partial charge on any atom is 0.133 e. The van der Waals surface area contributed by atoms with Gasteiger partial charge >= 0.3 is 0 Å². The van der Waals surface area contributed by atoms with Crippen LogP contribution in [0.5, 0.6) is 11.5 Å². The number of halogens is 3. The lowest BCUT2D eigenvalue weighted by molar-refractivity contribution is 0.419. The van der Waals surface area contributed by atoms with E-state index in [0.29, 0.717) is 15.2 Å². The Morgan fingerprint density at radius 1 is 0.784 bits per heavy atom. The molecule has 194 valence electrons. The number of hydrogen-bond acceptors (Lipinski definition) is 8. The Morgan fingerprint density at radius 2 is 1.46 bits per heavy atom. The van der Waals surface area contributed by atoms with Crippen molar-refractivity contribution in [2.45, 2.75) is 13.0 Å². The molecule has 6 nitrogen and oxygen atoms in total. The van der Waals surface area contributed by atoms with E-state index in [1.165, 1.54) is 0 Å². The van der Waals surface area contributed by atoms with Crippen LogP contribution in [0.1, 0.15) is 12.0 Å².